The molecule has 1 fully saturated rings. The third kappa shape index (κ3) is 6.02. The summed E-state index contributed by atoms with van der Waals surface area (Å²) in [6, 6.07) is 0.240. The number of esters is 1. The Balaban J connectivity index is 2.08. The topological polar surface area (TPSA) is 136 Å². The van der Waals surface area contributed by atoms with E-state index in [-0.39, 0.29) is 24.7 Å². The van der Waals surface area contributed by atoms with E-state index in [4.69, 9.17) is 18.9 Å². The van der Waals surface area contributed by atoms with Crippen LogP contribution in [0.15, 0.2) is 12.3 Å². The number of aliphatic hydroxyl groups is 1. The predicted molar refractivity (Wildman–Crippen MR) is 101 cm³/mol. The molecule has 3 N–H and O–H groups in total. The maximum absolute atomic E-state index is 12.5. The van der Waals surface area contributed by atoms with E-state index in [1.54, 1.807) is 6.92 Å². The standard InChI is InChI=1S/C19H28N2O8/c1-4-5-8-28-14-10-27-9-12(19(25)29-11(2)16(14)22)21-18(24)15-17(23)13(26-3)6-7-20-15/h6-7,11-12,14,16,22-23H,4-5,8-10H2,1-3H3,(H,21,24)/t11-,12-,14-,16-/m0/s1. The first-order chi connectivity index (χ1) is 13.9. The van der Waals surface area contributed by atoms with Gasteiger partial charge in [0.25, 0.3) is 5.91 Å². The Labute approximate surface area is 169 Å². The van der Waals surface area contributed by atoms with Gasteiger partial charge in [-0.25, -0.2) is 9.78 Å². The minimum Gasteiger partial charge on any atom is -0.503 e. The molecule has 0 aliphatic carbocycles. The van der Waals surface area contributed by atoms with Crippen LogP contribution in [-0.2, 0) is 19.0 Å². The molecule has 1 aliphatic heterocycles. The predicted octanol–water partition coefficient (Wildman–Crippen LogP) is 0.402. The molecule has 0 saturated carbocycles. The Morgan fingerprint density at radius 1 is 1.41 bits per heavy atom. The number of nitrogens with one attached hydrogen (secondary N) is 1. The Morgan fingerprint density at radius 2 is 2.17 bits per heavy atom. The number of hydrogen-bond acceptors (Lipinski definition) is 9. The zero-order valence-electron chi connectivity index (χ0n) is 16.8. The van der Waals surface area contributed by atoms with Gasteiger partial charge in [0.1, 0.15) is 18.3 Å². The molecule has 1 saturated heterocycles. The minimum absolute atomic E-state index is 0.0287. The average Bonchev–Trinajstić information content (AvgIpc) is 2.74. The first-order valence-corrected chi connectivity index (χ1v) is 9.49. The largest absolute Gasteiger partial charge is 0.503 e. The monoisotopic (exact) mass is 412 g/mol. The fourth-order valence-corrected chi connectivity index (χ4v) is 2.73. The maximum atomic E-state index is 12.5. The van der Waals surface area contributed by atoms with Gasteiger partial charge in [0.05, 0.1) is 20.3 Å². The number of nitrogens with zero attached hydrogens (tertiary/aromatic N) is 1. The molecule has 0 radical (unpaired) electrons. The highest BCUT2D eigenvalue weighted by Gasteiger charge is 2.34. The zero-order valence-corrected chi connectivity index (χ0v) is 16.8. The van der Waals surface area contributed by atoms with Crippen molar-refractivity contribution < 1.29 is 38.7 Å². The number of aromatic nitrogens is 1. The van der Waals surface area contributed by atoms with Crippen LogP contribution in [0.3, 0.4) is 0 Å². The van der Waals surface area contributed by atoms with Crippen molar-refractivity contribution in [1.82, 2.24) is 10.3 Å². The number of carbonyl (C=O) groups is 2. The summed E-state index contributed by atoms with van der Waals surface area (Å²) in [5.74, 6) is -1.95. The van der Waals surface area contributed by atoms with Crippen molar-refractivity contribution in [3.05, 3.63) is 18.0 Å². The van der Waals surface area contributed by atoms with E-state index < -0.39 is 42.0 Å². The maximum Gasteiger partial charge on any atom is 0.331 e. The molecular formula is C19H28N2O8. The molecule has 1 amide bonds. The van der Waals surface area contributed by atoms with E-state index in [1.807, 2.05) is 6.92 Å². The summed E-state index contributed by atoms with van der Waals surface area (Å²) in [4.78, 5) is 28.8. The van der Waals surface area contributed by atoms with Crippen LogP contribution in [0.5, 0.6) is 11.5 Å². The zero-order chi connectivity index (χ0) is 21.4. The number of hydrogen-bond donors (Lipinski definition) is 3. The summed E-state index contributed by atoms with van der Waals surface area (Å²) in [5, 5.41) is 22.9. The second kappa shape index (κ2) is 10.9. The number of carbonyl (C=O) groups excluding carboxylic acids is 2. The summed E-state index contributed by atoms with van der Waals surface area (Å²) in [7, 11) is 1.34. The van der Waals surface area contributed by atoms with E-state index in [0.29, 0.717) is 6.61 Å². The van der Waals surface area contributed by atoms with Gasteiger partial charge in [0.15, 0.2) is 23.2 Å². The number of amides is 1. The fraction of sp³-hybridized carbons (Fsp3) is 0.632. The van der Waals surface area contributed by atoms with E-state index >= 15 is 0 Å². The number of pyridine rings is 1. The van der Waals surface area contributed by atoms with Crippen molar-refractivity contribution in [1.29, 1.82) is 0 Å². The summed E-state index contributed by atoms with van der Waals surface area (Å²) in [6.07, 6.45) is 0.457. The SMILES string of the molecule is CCCCO[C@H]1COC[C@H](NC(=O)c2nccc(OC)c2O)C(=O)O[C@@H](C)[C@@H]1O. The van der Waals surface area contributed by atoms with Crippen molar-refractivity contribution >= 4 is 11.9 Å². The minimum atomic E-state index is -1.15. The summed E-state index contributed by atoms with van der Waals surface area (Å²) in [5.41, 5.74) is -0.300. The van der Waals surface area contributed by atoms with Gasteiger partial charge >= 0.3 is 5.97 Å². The molecule has 29 heavy (non-hydrogen) atoms. The number of aromatic hydroxyl groups is 1. The lowest BCUT2D eigenvalue weighted by atomic mass is 10.1. The van der Waals surface area contributed by atoms with E-state index in [0.717, 1.165) is 12.8 Å². The van der Waals surface area contributed by atoms with E-state index in [2.05, 4.69) is 10.3 Å². The van der Waals surface area contributed by atoms with Crippen molar-refractivity contribution in [2.45, 2.75) is 51.0 Å². The fourth-order valence-electron chi connectivity index (χ4n) is 2.73. The summed E-state index contributed by atoms with van der Waals surface area (Å²) < 4.78 is 21.4. The van der Waals surface area contributed by atoms with Crippen LogP contribution in [0.2, 0.25) is 0 Å². The number of cyclic esters (lactones) is 1. The van der Waals surface area contributed by atoms with Gasteiger partial charge < -0.3 is 34.5 Å². The van der Waals surface area contributed by atoms with E-state index in [9.17, 15) is 19.8 Å². The number of methoxy groups -OCH3 is 1. The third-order valence-corrected chi connectivity index (χ3v) is 4.47. The molecule has 2 rings (SSSR count). The van der Waals surface area contributed by atoms with Crippen molar-refractivity contribution in [3.8, 4) is 11.5 Å². The van der Waals surface area contributed by atoms with Crippen LogP contribution in [0.1, 0.15) is 37.2 Å². The number of ether oxygens (including phenoxy) is 4. The van der Waals surface area contributed by atoms with Crippen LogP contribution in [0, 0.1) is 0 Å². The summed E-state index contributed by atoms with van der Waals surface area (Å²) in [6.45, 7) is 3.84. The van der Waals surface area contributed by atoms with Gasteiger partial charge in [-0.3, -0.25) is 4.79 Å². The Morgan fingerprint density at radius 3 is 2.86 bits per heavy atom. The molecule has 1 aromatic rings. The van der Waals surface area contributed by atoms with Gasteiger partial charge in [-0.05, 0) is 13.3 Å². The van der Waals surface area contributed by atoms with Crippen molar-refractivity contribution in [3.63, 3.8) is 0 Å². The normalized spacial score (nSPS) is 25.3. The Hall–Kier alpha value is -2.43. The molecule has 162 valence electrons. The molecule has 0 aromatic carbocycles. The van der Waals surface area contributed by atoms with Gasteiger partial charge in [-0.1, -0.05) is 13.3 Å². The molecule has 2 heterocycles. The quantitative estimate of drug-likeness (QED) is 0.429. The summed E-state index contributed by atoms with van der Waals surface area (Å²) >= 11 is 0. The lowest BCUT2D eigenvalue weighted by molar-refractivity contribution is -0.160. The van der Waals surface area contributed by atoms with Gasteiger partial charge in [-0.15, -0.1) is 0 Å². The van der Waals surface area contributed by atoms with Gasteiger partial charge in [-0.2, -0.15) is 0 Å². The molecule has 4 atom stereocenters. The molecule has 1 aromatic heterocycles. The molecule has 10 nitrogen and oxygen atoms in total. The lowest BCUT2D eigenvalue weighted by Gasteiger charge is -2.26. The molecule has 1 aliphatic rings. The molecule has 0 unspecified atom stereocenters. The van der Waals surface area contributed by atoms with Crippen molar-refractivity contribution in [2.24, 2.45) is 0 Å². The first-order valence-electron chi connectivity index (χ1n) is 9.49. The van der Waals surface area contributed by atoms with Crippen LogP contribution in [0.4, 0.5) is 0 Å². The third-order valence-electron chi connectivity index (χ3n) is 4.47. The van der Waals surface area contributed by atoms with Crippen LogP contribution in [0.25, 0.3) is 0 Å². The molecular weight excluding hydrogens is 384 g/mol. The Kier molecular flexibility index (Phi) is 8.62. The first kappa shape index (κ1) is 22.9. The average molecular weight is 412 g/mol. The lowest BCUT2D eigenvalue weighted by Crippen LogP contribution is -2.46. The van der Waals surface area contributed by atoms with Crippen LogP contribution < -0.4 is 10.1 Å². The molecule has 10 heteroatoms. The highest BCUT2D eigenvalue weighted by Crippen LogP contribution is 2.27. The van der Waals surface area contributed by atoms with Gasteiger partial charge in [0.2, 0.25) is 0 Å². The number of unbranched alkanes of at least 4 members (excludes halogenated alkanes) is 1. The van der Waals surface area contributed by atoms with Crippen molar-refractivity contribution in [2.75, 3.05) is 26.9 Å². The Bertz CT molecular complexity index is 699. The van der Waals surface area contributed by atoms with E-state index in [1.165, 1.54) is 19.4 Å². The van der Waals surface area contributed by atoms with Crippen LogP contribution >= 0.6 is 0 Å². The number of rotatable bonds is 7. The highest BCUT2D eigenvalue weighted by molar-refractivity contribution is 5.98. The molecule has 0 spiro atoms. The second-order valence-corrected chi connectivity index (χ2v) is 6.67. The second-order valence-electron chi connectivity index (χ2n) is 6.67. The van der Waals surface area contributed by atoms with Crippen LogP contribution in [-0.4, -0.2) is 78.4 Å². The number of aliphatic hydroxyl groups excluding tert-OH is 1. The van der Waals surface area contributed by atoms with Gasteiger partial charge in [0, 0.05) is 18.9 Å². The smallest absolute Gasteiger partial charge is 0.331 e. The highest BCUT2D eigenvalue weighted by atomic mass is 16.6. The molecule has 0 bridgehead atoms.